The summed E-state index contributed by atoms with van der Waals surface area (Å²) < 4.78 is 9.29. The fourth-order valence-electron chi connectivity index (χ4n) is 0.929. The molecule has 0 fully saturated rings. The molecule has 0 aromatic carbocycles. The average molecular weight is 188 g/mol. The summed E-state index contributed by atoms with van der Waals surface area (Å²) in [6.45, 7) is 3.22. The summed E-state index contributed by atoms with van der Waals surface area (Å²) in [6, 6.07) is 0. The highest BCUT2D eigenvalue weighted by atomic mass is 16.6. The first-order valence-corrected chi connectivity index (χ1v) is 4.36. The van der Waals surface area contributed by atoms with Gasteiger partial charge >= 0.3 is 11.9 Å². The van der Waals surface area contributed by atoms with E-state index in [1.807, 2.05) is 6.92 Å². The minimum absolute atomic E-state index is 0.594. The Balaban J connectivity index is 3.91. The largest absolute Gasteiger partial charge is 0.391 e. The molecule has 0 N–H and O–H groups in total. The number of methoxy groups -OCH3 is 1. The van der Waals surface area contributed by atoms with E-state index in [9.17, 15) is 9.59 Å². The Kier molecular flexibility index (Phi) is 6.14. The van der Waals surface area contributed by atoms with Crippen molar-refractivity contribution >= 4 is 11.9 Å². The van der Waals surface area contributed by atoms with Crippen molar-refractivity contribution in [3.8, 4) is 0 Å². The summed E-state index contributed by atoms with van der Waals surface area (Å²) in [7, 11) is 1.43. The number of unbranched alkanes of at least 4 members (excludes halogenated alkanes) is 1. The van der Waals surface area contributed by atoms with Gasteiger partial charge in [-0.05, 0) is 6.42 Å². The van der Waals surface area contributed by atoms with Crippen molar-refractivity contribution in [3.63, 3.8) is 0 Å². The van der Waals surface area contributed by atoms with Crippen LogP contribution in [-0.2, 0) is 19.1 Å². The fraction of sp³-hybridized carbons (Fsp3) is 0.778. The van der Waals surface area contributed by atoms with E-state index in [1.165, 1.54) is 14.0 Å². The minimum atomic E-state index is -0.608. The van der Waals surface area contributed by atoms with Crippen LogP contribution in [0.5, 0.6) is 0 Å². The molecule has 0 heterocycles. The zero-order valence-electron chi connectivity index (χ0n) is 8.33. The van der Waals surface area contributed by atoms with Crippen molar-refractivity contribution in [3.05, 3.63) is 0 Å². The Morgan fingerprint density at radius 1 is 1.38 bits per heavy atom. The lowest BCUT2D eigenvalue weighted by atomic mass is 10.1. The highest BCUT2D eigenvalue weighted by Gasteiger charge is 2.19. The molecule has 13 heavy (non-hydrogen) atoms. The van der Waals surface area contributed by atoms with Gasteiger partial charge in [-0.3, -0.25) is 4.79 Å². The fourth-order valence-corrected chi connectivity index (χ4v) is 0.929. The Bertz CT molecular complexity index is 176. The topological polar surface area (TPSA) is 52.6 Å². The van der Waals surface area contributed by atoms with Gasteiger partial charge in [-0.1, -0.05) is 19.8 Å². The SMILES string of the molecule is CCCCC(OC)C(=O)OC(C)=O. The standard InChI is InChI=1S/C9H16O4/c1-4-5-6-8(12-3)9(11)13-7(2)10/h8H,4-6H2,1-3H3. The first kappa shape index (κ1) is 12.1. The van der Waals surface area contributed by atoms with Crippen molar-refractivity contribution in [2.45, 2.75) is 39.2 Å². The minimum Gasteiger partial charge on any atom is -0.391 e. The van der Waals surface area contributed by atoms with Gasteiger partial charge in [0, 0.05) is 14.0 Å². The summed E-state index contributed by atoms with van der Waals surface area (Å²) in [5, 5.41) is 0. The smallest absolute Gasteiger partial charge is 0.342 e. The lowest BCUT2D eigenvalue weighted by Gasteiger charge is -2.11. The van der Waals surface area contributed by atoms with Crippen LogP contribution in [0.3, 0.4) is 0 Å². The Morgan fingerprint density at radius 2 is 2.00 bits per heavy atom. The predicted molar refractivity (Wildman–Crippen MR) is 47.1 cm³/mol. The van der Waals surface area contributed by atoms with Gasteiger partial charge in [-0.2, -0.15) is 0 Å². The summed E-state index contributed by atoms with van der Waals surface area (Å²) in [6.07, 6.45) is 1.85. The van der Waals surface area contributed by atoms with Gasteiger partial charge in [0.1, 0.15) is 0 Å². The molecule has 76 valence electrons. The van der Waals surface area contributed by atoms with Crippen LogP contribution in [0.4, 0.5) is 0 Å². The van der Waals surface area contributed by atoms with Gasteiger partial charge in [0.2, 0.25) is 0 Å². The molecule has 0 saturated carbocycles. The molecule has 1 unspecified atom stereocenters. The van der Waals surface area contributed by atoms with E-state index in [4.69, 9.17) is 4.74 Å². The molecule has 0 spiro atoms. The van der Waals surface area contributed by atoms with Crippen molar-refractivity contribution in [1.29, 1.82) is 0 Å². The molecule has 0 rings (SSSR count). The third-order valence-electron chi connectivity index (χ3n) is 1.61. The van der Waals surface area contributed by atoms with E-state index in [0.29, 0.717) is 6.42 Å². The van der Waals surface area contributed by atoms with E-state index in [2.05, 4.69) is 4.74 Å². The number of carbonyl (C=O) groups excluding carboxylic acids is 2. The van der Waals surface area contributed by atoms with Gasteiger partial charge in [0.25, 0.3) is 0 Å². The van der Waals surface area contributed by atoms with Crippen LogP contribution in [0.2, 0.25) is 0 Å². The molecule has 0 amide bonds. The van der Waals surface area contributed by atoms with Crippen LogP contribution < -0.4 is 0 Å². The van der Waals surface area contributed by atoms with Crippen molar-refractivity contribution < 1.29 is 19.1 Å². The van der Waals surface area contributed by atoms with Crippen LogP contribution in [0, 0.1) is 0 Å². The summed E-state index contributed by atoms with van der Waals surface area (Å²) >= 11 is 0. The van der Waals surface area contributed by atoms with E-state index in [1.54, 1.807) is 0 Å². The van der Waals surface area contributed by atoms with E-state index in [-0.39, 0.29) is 0 Å². The molecule has 0 aromatic heterocycles. The maximum absolute atomic E-state index is 11.1. The highest BCUT2D eigenvalue weighted by molar-refractivity contribution is 5.86. The highest BCUT2D eigenvalue weighted by Crippen LogP contribution is 2.05. The molecule has 0 saturated heterocycles. The predicted octanol–water partition coefficient (Wildman–Crippen LogP) is 1.28. The maximum atomic E-state index is 11.1. The molecule has 1 atom stereocenters. The molecule has 0 aliphatic rings. The summed E-state index contributed by atoms with van der Waals surface area (Å²) in [5.74, 6) is -1.19. The summed E-state index contributed by atoms with van der Waals surface area (Å²) in [4.78, 5) is 21.6. The second-order valence-corrected chi connectivity index (χ2v) is 2.78. The number of carbonyl (C=O) groups is 2. The van der Waals surface area contributed by atoms with Crippen molar-refractivity contribution in [2.75, 3.05) is 7.11 Å². The zero-order chi connectivity index (χ0) is 10.3. The van der Waals surface area contributed by atoms with Crippen molar-refractivity contribution in [1.82, 2.24) is 0 Å². The van der Waals surface area contributed by atoms with Crippen LogP contribution in [0.25, 0.3) is 0 Å². The zero-order valence-corrected chi connectivity index (χ0v) is 8.33. The first-order chi connectivity index (χ1) is 6.11. The third kappa shape index (κ3) is 5.36. The van der Waals surface area contributed by atoms with Gasteiger partial charge in [-0.15, -0.1) is 0 Å². The number of hydrogen-bond acceptors (Lipinski definition) is 4. The van der Waals surface area contributed by atoms with Gasteiger partial charge < -0.3 is 9.47 Å². The van der Waals surface area contributed by atoms with Gasteiger partial charge in [0.05, 0.1) is 0 Å². The summed E-state index contributed by atoms with van der Waals surface area (Å²) in [5.41, 5.74) is 0. The van der Waals surface area contributed by atoms with Crippen LogP contribution in [0.15, 0.2) is 0 Å². The van der Waals surface area contributed by atoms with Crippen LogP contribution in [-0.4, -0.2) is 25.2 Å². The van der Waals surface area contributed by atoms with Gasteiger partial charge in [-0.25, -0.2) is 4.79 Å². The molecule has 0 radical (unpaired) electrons. The maximum Gasteiger partial charge on any atom is 0.342 e. The lowest BCUT2D eigenvalue weighted by Crippen LogP contribution is -2.26. The number of rotatable bonds is 5. The first-order valence-electron chi connectivity index (χ1n) is 4.36. The third-order valence-corrected chi connectivity index (χ3v) is 1.61. The molecular weight excluding hydrogens is 172 g/mol. The molecule has 0 bridgehead atoms. The van der Waals surface area contributed by atoms with E-state index < -0.39 is 18.0 Å². The molecule has 0 aliphatic carbocycles. The lowest BCUT2D eigenvalue weighted by molar-refractivity contribution is -0.166. The number of ether oxygens (including phenoxy) is 2. The molecule has 4 heteroatoms. The average Bonchev–Trinajstić information content (AvgIpc) is 2.04. The monoisotopic (exact) mass is 188 g/mol. The quantitative estimate of drug-likeness (QED) is 0.481. The van der Waals surface area contributed by atoms with E-state index >= 15 is 0 Å². The second-order valence-electron chi connectivity index (χ2n) is 2.78. The molecule has 4 nitrogen and oxygen atoms in total. The molecule has 0 aromatic rings. The second kappa shape index (κ2) is 6.60. The number of esters is 2. The molecule has 0 aliphatic heterocycles. The Morgan fingerprint density at radius 3 is 2.38 bits per heavy atom. The van der Waals surface area contributed by atoms with Crippen LogP contribution >= 0.6 is 0 Å². The molecular formula is C9H16O4. The van der Waals surface area contributed by atoms with Gasteiger partial charge in [0.15, 0.2) is 6.10 Å². The number of hydrogen-bond donors (Lipinski definition) is 0. The Hall–Kier alpha value is -0.900. The van der Waals surface area contributed by atoms with Crippen LogP contribution in [0.1, 0.15) is 33.1 Å². The normalized spacial score (nSPS) is 12.2. The van der Waals surface area contributed by atoms with E-state index in [0.717, 1.165) is 12.8 Å². The van der Waals surface area contributed by atoms with Crippen molar-refractivity contribution in [2.24, 2.45) is 0 Å². The Labute approximate surface area is 78.2 Å².